The average molecular weight is 263 g/mol. The van der Waals surface area contributed by atoms with Crippen LogP contribution in [0.4, 0.5) is 0 Å². The number of ether oxygens (including phenoxy) is 1. The predicted octanol–water partition coefficient (Wildman–Crippen LogP) is 1.02. The Bertz CT molecular complexity index is 273. The summed E-state index contributed by atoms with van der Waals surface area (Å²) >= 11 is 5.68. The largest absolute Gasteiger partial charge is 0.464 e. The Labute approximate surface area is 105 Å². The highest BCUT2D eigenvalue weighted by molar-refractivity contribution is 7.99. The fourth-order valence-electron chi connectivity index (χ4n) is 1.45. The third kappa shape index (κ3) is 3.07. The van der Waals surface area contributed by atoms with Crippen LogP contribution in [0.25, 0.3) is 0 Å². The first-order chi connectivity index (χ1) is 7.61. The minimum absolute atomic E-state index is 0.0157. The Hall–Kier alpha value is -0.360. The number of esters is 1. The molecule has 1 heterocycles. The first kappa shape index (κ1) is 13.7. The van der Waals surface area contributed by atoms with Crippen LogP contribution < -0.4 is 0 Å². The number of thiol groups is 1. The van der Waals surface area contributed by atoms with E-state index in [1.807, 2.05) is 6.92 Å². The fraction of sp³-hybridized carbons (Fsp3) is 0.800. The molecular formula is C10H17NO3S2. The SMILES string of the molecule is CCOC(=O)[C@@H]1CSCN1C(=O)[C@H](C)CS. The Morgan fingerprint density at radius 3 is 2.88 bits per heavy atom. The van der Waals surface area contributed by atoms with Crippen LogP contribution in [0.15, 0.2) is 0 Å². The zero-order valence-electron chi connectivity index (χ0n) is 9.51. The van der Waals surface area contributed by atoms with Crippen LogP contribution in [0, 0.1) is 5.92 Å². The van der Waals surface area contributed by atoms with E-state index >= 15 is 0 Å². The maximum atomic E-state index is 12.0. The van der Waals surface area contributed by atoms with Crippen molar-refractivity contribution in [1.82, 2.24) is 4.90 Å². The Morgan fingerprint density at radius 2 is 2.31 bits per heavy atom. The summed E-state index contributed by atoms with van der Waals surface area (Å²) in [5.41, 5.74) is 0. The molecule has 1 saturated heterocycles. The van der Waals surface area contributed by atoms with Gasteiger partial charge in [-0.15, -0.1) is 11.8 Å². The van der Waals surface area contributed by atoms with Gasteiger partial charge in [0.1, 0.15) is 6.04 Å². The Kier molecular flexibility index (Phi) is 5.48. The summed E-state index contributed by atoms with van der Waals surface area (Å²) in [6.07, 6.45) is 0. The molecule has 6 heteroatoms. The molecule has 0 aromatic rings. The van der Waals surface area contributed by atoms with E-state index in [-0.39, 0.29) is 17.8 Å². The van der Waals surface area contributed by atoms with E-state index in [1.165, 1.54) is 0 Å². The first-order valence-corrected chi connectivity index (χ1v) is 7.06. The molecule has 1 rings (SSSR count). The summed E-state index contributed by atoms with van der Waals surface area (Å²) in [4.78, 5) is 25.2. The van der Waals surface area contributed by atoms with E-state index in [2.05, 4.69) is 12.6 Å². The van der Waals surface area contributed by atoms with E-state index in [9.17, 15) is 9.59 Å². The van der Waals surface area contributed by atoms with Crippen LogP contribution >= 0.6 is 24.4 Å². The van der Waals surface area contributed by atoms with Gasteiger partial charge < -0.3 is 9.64 Å². The molecule has 0 unspecified atom stereocenters. The van der Waals surface area contributed by atoms with Gasteiger partial charge in [-0.3, -0.25) is 4.79 Å². The second-order valence-electron chi connectivity index (χ2n) is 3.66. The number of hydrogen-bond donors (Lipinski definition) is 1. The number of nitrogens with zero attached hydrogens (tertiary/aromatic N) is 1. The molecule has 0 bridgehead atoms. The van der Waals surface area contributed by atoms with Crippen molar-refractivity contribution in [2.45, 2.75) is 19.9 Å². The summed E-state index contributed by atoms with van der Waals surface area (Å²) in [7, 11) is 0. The molecular weight excluding hydrogens is 246 g/mol. The van der Waals surface area contributed by atoms with Crippen molar-refractivity contribution < 1.29 is 14.3 Å². The third-order valence-corrected chi connectivity index (χ3v) is 3.98. The molecule has 0 N–H and O–H groups in total. The maximum absolute atomic E-state index is 12.0. The quantitative estimate of drug-likeness (QED) is 0.607. The second kappa shape index (κ2) is 6.39. The summed E-state index contributed by atoms with van der Waals surface area (Å²) in [6, 6.07) is -0.417. The molecule has 0 radical (unpaired) electrons. The van der Waals surface area contributed by atoms with Crippen LogP contribution in [0.5, 0.6) is 0 Å². The van der Waals surface area contributed by atoms with Gasteiger partial charge in [0.2, 0.25) is 5.91 Å². The lowest BCUT2D eigenvalue weighted by Crippen LogP contribution is -2.45. The van der Waals surface area contributed by atoms with E-state index in [0.29, 0.717) is 24.0 Å². The number of hydrogen-bond acceptors (Lipinski definition) is 5. The van der Waals surface area contributed by atoms with Crippen LogP contribution in [-0.2, 0) is 14.3 Å². The number of carbonyl (C=O) groups is 2. The summed E-state index contributed by atoms with van der Waals surface area (Å²) in [5.74, 6) is 1.23. The van der Waals surface area contributed by atoms with Crippen LogP contribution in [0.3, 0.4) is 0 Å². The lowest BCUT2D eigenvalue weighted by atomic mass is 10.1. The number of carbonyl (C=O) groups excluding carboxylic acids is 2. The van der Waals surface area contributed by atoms with Gasteiger partial charge in [-0.05, 0) is 6.92 Å². The van der Waals surface area contributed by atoms with Gasteiger partial charge in [-0.25, -0.2) is 4.79 Å². The van der Waals surface area contributed by atoms with E-state index in [0.717, 1.165) is 0 Å². The van der Waals surface area contributed by atoms with Gasteiger partial charge >= 0.3 is 5.97 Å². The van der Waals surface area contributed by atoms with Crippen LogP contribution in [0.2, 0.25) is 0 Å². The van der Waals surface area contributed by atoms with Crippen molar-refractivity contribution in [1.29, 1.82) is 0 Å². The molecule has 0 spiro atoms. The predicted molar refractivity (Wildman–Crippen MR) is 67.6 cm³/mol. The highest BCUT2D eigenvalue weighted by Gasteiger charge is 2.36. The topological polar surface area (TPSA) is 46.6 Å². The van der Waals surface area contributed by atoms with Gasteiger partial charge in [0.25, 0.3) is 0 Å². The molecule has 0 saturated carbocycles. The van der Waals surface area contributed by atoms with Crippen molar-refractivity contribution in [3.8, 4) is 0 Å². The average Bonchev–Trinajstić information content (AvgIpc) is 2.76. The fourth-order valence-corrected chi connectivity index (χ4v) is 2.76. The minimum Gasteiger partial charge on any atom is -0.464 e. The standard InChI is InChI=1S/C10H17NO3S2/c1-3-14-10(13)8-5-16-6-11(8)9(12)7(2)4-15/h7-8,15H,3-6H2,1-2H3/t7-,8+/m1/s1. The van der Waals surface area contributed by atoms with Crippen molar-refractivity contribution >= 4 is 36.3 Å². The molecule has 2 atom stereocenters. The molecule has 0 aromatic carbocycles. The van der Waals surface area contributed by atoms with Crippen LogP contribution in [-0.4, -0.2) is 46.8 Å². The van der Waals surface area contributed by atoms with Gasteiger partial charge in [-0.2, -0.15) is 12.6 Å². The maximum Gasteiger partial charge on any atom is 0.329 e. The van der Waals surface area contributed by atoms with E-state index in [1.54, 1.807) is 23.6 Å². The van der Waals surface area contributed by atoms with Gasteiger partial charge in [0.15, 0.2) is 0 Å². The molecule has 4 nitrogen and oxygen atoms in total. The zero-order valence-corrected chi connectivity index (χ0v) is 11.2. The smallest absolute Gasteiger partial charge is 0.329 e. The second-order valence-corrected chi connectivity index (χ2v) is 5.02. The van der Waals surface area contributed by atoms with Crippen molar-refractivity contribution in [2.75, 3.05) is 24.0 Å². The molecule has 92 valence electrons. The number of amides is 1. The Balaban J connectivity index is 2.65. The van der Waals surface area contributed by atoms with Crippen molar-refractivity contribution in [3.63, 3.8) is 0 Å². The highest BCUT2D eigenvalue weighted by atomic mass is 32.2. The van der Waals surface area contributed by atoms with Gasteiger partial charge in [0, 0.05) is 17.4 Å². The lowest BCUT2D eigenvalue weighted by Gasteiger charge is -2.24. The van der Waals surface area contributed by atoms with E-state index < -0.39 is 6.04 Å². The molecule has 1 aliphatic rings. The number of thioether (sulfide) groups is 1. The lowest BCUT2D eigenvalue weighted by molar-refractivity contribution is -0.153. The molecule has 1 amide bonds. The van der Waals surface area contributed by atoms with Crippen LogP contribution in [0.1, 0.15) is 13.8 Å². The summed E-state index contributed by atoms with van der Waals surface area (Å²) in [6.45, 7) is 3.94. The first-order valence-electron chi connectivity index (χ1n) is 5.27. The van der Waals surface area contributed by atoms with Gasteiger partial charge in [-0.1, -0.05) is 6.92 Å². The van der Waals surface area contributed by atoms with E-state index in [4.69, 9.17) is 4.74 Å². The zero-order chi connectivity index (χ0) is 12.1. The molecule has 0 aliphatic carbocycles. The molecule has 16 heavy (non-hydrogen) atoms. The Morgan fingerprint density at radius 1 is 1.62 bits per heavy atom. The molecule has 1 aliphatic heterocycles. The van der Waals surface area contributed by atoms with Crippen molar-refractivity contribution in [2.24, 2.45) is 5.92 Å². The normalized spacial score (nSPS) is 21.9. The minimum atomic E-state index is -0.417. The monoisotopic (exact) mass is 263 g/mol. The van der Waals surface area contributed by atoms with Crippen molar-refractivity contribution in [3.05, 3.63) is 0 Å². The third-order valence-electron chi connectivity index (χ3n) is 2.42. The molecule has 1 fully saturated rings. The summed E-state index contributed by atoms with van der Waals surface area (Å²) in [5, 5.41) is 0. The molecule has 0 aromatic heterocycles. The van der Waals surface area contributed by atoms with Gasteiger partial charge in [0.05, 0.1) is 12.5 Å². The number of rotatable bonds is 4. The highest BCUT2D eigenvalue weighted by Crippen LogP contribution is 2.24. The summed E-state index contributed by atoms with van der Waals surface area (Å²) < 4.78 is 4.95.